The molecule has 1 atom stereocenters. The summed E-state index contributed by atoms with van der Waals surface area (Å²) in [6.45, 7) is -2.76. The van der Waals surface area contributed by atoms with Gasteiger partial charge >= 0.3 is 6.55 Å². The Morgan fingerprint density at radius 1 is 1.31 bits per heavy atom. The largest absolute Gasteiger partial charge is 0.398 e. The van der Waals surface area contributed by atoms with E-state index in [-0.39, 0.29) is 17.3 Å². The van der Waals surface area contributed by atoms with Crippen molar-refractivity contribution in [2.45, 2.75) is 25.4 Å². The molecule has 2 aromatic carbocycles. The average Bonchev–Trinajstić information content (AvgIpc) is 3.36. The SMILES string of the molecule is N#Cc1ccc2c(c1)CC[C@H]2Nc1ccc(N)c(C(=N)c2cnn(C(F)F)c2)c1. The number of nitrogens with one attached hydrogen (secondary N) is 2. The highest BCUT2D eigenvalue weighted by Gasteiger charge is 2.23. The number of aryl methyl sites for hydroxylation is 1. The number of nitrogens with zero attached hydrogens (tertiary/aromatic N) is 3. The summed E-state index contributed by atoms with van der Waals surface area (Å²) in [5.41, 5.74) is 10.9. The Morgan fingerprint density at radius 2 is 2.14 bits per heavy atom. The number of benzene rings is 2. The molecular formula is C21H18F2N6. The van der Waals surface area contributed by atoms with Gasteiger partial charge in [-0.05, 0) is 54.3 Å². The topological polar surface area (TPSA) is 104 Å². The van der Waals surface area contributed by atoms with Gasteiger partial charge in [0.1, 0.15) is 0 Å². The number of anilines is 2. The first-order chi connectivity index (χ1) is 14.0. The lowest BCUT2D eigenvalue weighted by Gasteiger charge is -2.17. The maximum Gasteiger partial charge on any atom is 0.333 e. The van der Waals surface area contributed by atoms with E-state index in [1.807, 2.05) is 24.3 Å². The van der Waals surface area contributed by atoms with Crippen molar-refractivity contribution >= 4 is 17.1 Å². The van der Waals surface area contributed by atoms with E-state index < -0.39 is 6.55 Å². The molecule has 0 amide bonds. The molecule has 146 valence electrons. The van der Waals surface area contributed by atoms with Crippen LogP contribution in [0.15, 0.2) is 48.8 Å². The highest BCUT2D eigenvalue weighted by atomic mass is 19.3. The van der Waals surface area contributed by atoms with Crippen molar-refractivity contribution in [1.82, 2.24) is 9.78 Å². The Bertz CT molecular complexity index is 1130. The van der Waals surface area contributed by atoms with Gasteiger partial charge in [0, 0.05) is 28.7 Å². The summed E-state index contributed by atoms with van der Waals surface area (Å²) in [5, 5.41) is 24.5. The number of nitrogens with two attached hydrogens (primary N) is 1. The minimum absolute atomic E-state index is 0.0311. The minimum Gasteiger partial charge on any atom is -0.398 e. The van der Waals surface area contributed by atoms with E-state index in [9.17, 15) is 8.78 Å². The van der Waals surface area contributed by atoms with Crippen LogP contribution in [0.25, 0.3) is 0 Å². The third kappa shape index (κ3) is 3.55. The fourth-order valence-electron chi connectivity index (χ4n) is 3.63. The molecule has 4 rings (SSSR count). The first kappa shape index (κ1) is 18.6. The third-order valence-electron chi connectivity index (χ3n) is 5.10. The number of hydrogen-bond donors (Lipinski definition) is 3. The number of hydrogen-bond acceptors (Lipinski definition) is 5. The van der Waals surface area contributed by atoms with Crippen LogP contribution in [-0.4, -0.2) is 15.5 Å². The van der Waals surface area contributed by atoms with Crippen molar-refractivity contribution in [3.05, 3.63) is 76.6 Å². The van der Waals surface area contributed by atoms with Crippen molar-refractivity contribution in [2.75, 3.05) is 11.1 Å². The van der Waals surface area contributed by atoms with Crippen LogP contribution in [0.1, 0.15) is 46.8 Å². The number of nitriles is 1. The Labute approximate surface area is 166 Å². The van der Waals surface area contributed by atoms with Gasteiger partial charge in [-0.3, -0.25) is 5.41 Å². The maximum absolute atomic E-state index is 12.8. The predicted octanol–water partition coefficient (Wildman–Crippen LogP) is 4.25. The summed E-state index contributed by atoms with van der Waals surface area (Å²) >= 11 is 0. The van der Waals surface area contributed by atoms with E-state index in [0.717, 1.165) is 35.9 Å². The molecule has 0 saturated carbocycles. The normalized spacial score (nSPS) is 15.2. The van der Waals surface area contributed by atoms with Crippen molar-refractivity contribution in [2.24, 2.45) is 0 Å². The molecule has 1 heterocycles. The highest BCUT2D eigenvalue weighted by Crippen LogP contribution is 2.35. The summed E-state index contributed by atoms with van der Waals surface area (Å²) in [4.78, 5) is 0. The Morgan fingerprint density at radius 3 is 2.86 bits per heavy atom. The van der Waals surface area contributed by atoms with Crippen molar-refractivity contribution in [3.63, 3.8) is 0 Å². The molecular weight excluding hydrogens is 374 g/mol. The Kier molecular flexibility index (Phi) is 4.72. The molecule has 4 N–H and O–H groups in total. The van der Waals surface area contributed by atoms with Gasteiger partial charge < -0.3 is 11.1 Å². The monoisotopic (exact) mass is 392 g/mol. The quantitative estimate of drug-likeness (QED) is 0.446. The minimum atomic E-state index is -2.76. The van der Waals surface area contributed by atoms with E-state index in [1.54, 1.807) is 12.1 Å². The zero-order chi connectivity index (χ0) is 20.5. The molecule has 0 bridgehead atoms. The van der Waals surface area contributed by atoms with Gasteiger partial charge in [0.15, 0.2) is 0 Å². The Hall–Kier alpha value is -3.73. The summed E-state index contributed by atoms with van der Waals surface area (Å²) in [7, 11) is 0. The van der Waals surface area contributed by atoms with Gasteiger partial charge in [-0.15, -0.1) is 0 Å². The fourth-order valence-corrected chi connectivity index (χ4v) is 3.63. The fraction of sp³-hybridized carbons (Fsp3) is 0.190. The summed E-state index contributed by atoms with van der Waals surface area (Å²) in [5.74, 6) is 0. The lowest BCUT2D eigenvalue weighted by molar-refractivity contribution is 0.0566. The summed E-state index contributed by atoms with van der Waals surface area (Å²) < 4.78 is 26.0. The highest BCUT2D eigenvalue weighted by molar-refractivity contribution is 6.14. The van der Waals surface area contributed by atoms with Gasteiger partial charge in [-0.1, -0.05) is 6.07 Å². The molecule has 29 heavy (non-hydrogen) atoms. The summed E-state index contributed by atoms with van der Waals surface area (Å²) in [6.07, 6.45) is 4.14. The predicted molar refractivity (Wildman–Crippen MR) is 106 cm³/mol. The van der Waals surface area contributed by atoms with E-state index in [1.165, 1.54) is 6.20 Å². The zero-order valence-corrected chi connectivity index (χ0v) is 15.4. The molecule has 0 aliphatic heterocycles. The standard InChI is InChI=1S/C21H18F2N6/c22-21(23)29-11-14(10-27-29)20(26)17-8-15(3-5-18(17)25)28-19-6-2-13-7-12(9-24)1-4-16(13)19/h1,3-5,7-8,10-11,19,21,26,28H,2,6,25H2/t19-/m1/s1. The second kappa shape index (κ2) is 7.36. The first-order valence-corrected chi connectivity index (χ1v) is 9.07. The summed E-state index contributed by atoms with van der Waals surface area (Å²) in [6, 6.07) is 13.2. The smallest absolute Gasteiger partial charge is 0.333 e. The third-order valence-corrected chi connectivity index (χ3v) is 5.10. The number of fused-ring (bicyclic) bond motifs is 1. The molecule has 8 heteroatoms. The molecule has 1 aromatic heterocycles. The van der Waals surface area contributed by atoms with E-state index in [2.05, 4.69) is 16.5 Å². The molecule has 0 spiro atoms. The molecule has 0 fully saturated rings. The molecule has 1 aliphatic rings. The molecule has 0 saturated heterocycles. The van der Waals surface area contributed by atoms with Crippen LogP contribution < -0.4 is 11.1 Å². The van der Waals surface area contributed by atoms with Crippen molar-refractivity contribution < 1.29 is 8.78 Å². The van der Waals surface area contributed by atoms with Gasteiger partial charge in [-0.25, -0.2) is 4.68 Å². The van der Waals surface area contributed by atoms with Crippen LogP contribution in [0.2, 0.25) is 0 Å². The van der Waals surface area contributed by atoms with Gasteiger partial charge in [-0.2, -0.15) is 19.1 Å². The van der Waals surface area contributed by atoms with Gasteiger partial charge in [0.05, 0.1) is 29.6 Å². The lowest BCUT2D eigenvalue weighted by Crippen LogP contribution is -2.10. The van der Waals surface area contributed by atoms with Crippen LogP contribution in [-0.2, 0) is 6.42 Å². The number of rotatable bonds is 5. The van der Waals surface area contributed by atoms with Crippen LogP contribution in [0.5, 0.6) is 0 Å². The van der Waals surface area contributed by atoms with Crippen molar-refractivity contribution in [1.29, 1.82) is 10.7 Å². The van der Waals surface area contributed by atoms with Crippen molar-refractivity contribution in [3.8, 4) is 6.07 Å². The van der Waals surface area contributed by atoms with E-state index in [4.69, 9.17) is 16.4 Å². The Balaban J connectivity index is 1.58. The zero-order valence-electron chi connectivity index (χ0n) is 15.4. The number of aromatic nitrogens is 2. The lowest BCUT2D eigenvalue weighted by atomic mass is 10.0. The number of halogens is 2. The number of nitrogen functional groups attached to an aromatic ring is 1. The van der Waals surface area contributed by atoms with Crippen LogP contribution in [0, 0.1) is 16.7 Å². The van der Waals surface area contributed by atoms with Gasteiger partial charge in [0.2, 0.25) is 0 Å². The molecule has 0 unspecified atom stereocenters. The maximum atomic E-state index is 12.8. The number of alkyl halides is 2. The molecule has 1 aliphatic carbocycles. The molecule has 0 radical (unpaired) electrons. The second-order valence-corrected chi connectivity index (χ2v) is 6.92. The first-order valence-electron chi connectivity index (χ1n) is 9.07. The second-order valence-electron chi connectivity index (χ2n) is 6.92. The van der Waals surface area contributed by atoms with Crippen LogP contribution >= 0.6 is 0 Å². The van der Waals surface area contributed by atoms with Crippen LogP contribution in [0.3, 0.4) is 0 Å². The van der Waals surface area contributed by atoms with Gasteiger partial charge in [0.25, 0.3) is 0 Å². The van der Waals surface area contributed by atoms with Crippen LogP contribution in [0.4, 0.5) is 20.2 Å². The average molecular weight is 392 g/mol. The van der Waals surface area contributed by atoms with E-state index in [0.29, 0.717) is 21.5 Å². The molecule has 3 aromatic rings. The van der Waals surface area contributed by atoms with E-state index >= 15 is 0 Å². The molecule has 6 nitrogen and oxygen atoms in total.